The van der Waals surface area contributed by atoms with Crippen LogP contribution in [0.5, 0.6) is 0 Å². The SMILES string of the molecule is CC(C)(C)c1ccc(N2c3ccc(C(C)(C)C)cc3B3c4c2cc(-n2c5ccc6cccc7c6c5c5c6c8c-7cccc8n(-c7ccccc7)c6ccc52)cc4-n2c4ccccc4c4cccc3c42)cc1. The number of benzene rings is 10. The van der Waals surface area contributed by atoms with Crippen molar-refractivity contribution in [2.45, 2.75) is 52.4 Å². The molecule has 0 spiro atoms. The van der Waals surface area contributed by atoms with Crippen LogP contribution in [0.4, 0.5) is 17.1 Å². The summed E-state index contributed by atoms with van der Waals surface area (Å²) in [5.41, 5.74) is 23.9. The van der Waals surface area contributed by atoms with Crippen molar-refractivity contribution < 1.29 is 0 Å². The van der Waals surface area contributed by atoms with E-state index in [-0.39, 0.29) is 17.5 Å². The third-order valence-corrected chi connectivity index (χ3v) is 16.6. The van der Waals surface area contributed by atoms with Gasteiger partial charge in [0.2, 0.25) is 0 Å². The average molecular weight is 909 g/mol. The predicted octanol–water partition coefficient (Wildman–Crippen LogP) is 15.3. The van der Waals surface area contributed by atoms with E-state index in [4.69, 9.17) is 0 Å². The molecule has 0 saturated carbocycles. The van der Waals surface area contributed by atoms with Gasteiger partial charge in [-0.25, -0.2) is 0 Å². The van der Waals surface area contributed by atoms with E-state index < -0.39 is 0 Å². The van der Waals surface area contributed by atoms with Gasteiger partial charge in [0.25, 0.3) is 6.71 Å². The highest BCUT2D eigenvalue weighted by molar-refractivity contribution is 7.00. The lowest BCUT2D eigenvalue weighted by Crippen LogP contribution is -2.60. The molecule has 3 aliphatic rings. The Morgan fingerprint density at radius 3 is 1.72 bits per heavy atom. The van der Waals surface area contributed by atoms with Gasteiger partial charge in [-0.3, -0.25) is 0 Å². The zero-order valence-corrected chi connectivity index (χ0v) is 40.8. The van der Waals surface area contributed by atoms with Crippen molar-refractivity contribution in [3.63, 3.8) is 0 Å². The maximum atomic E-state index is 2.61. The van der Waals surface area contributed by atoms with Crippen LogP contribution in [0.3, 0.4) is 0 Å². The second-order valence-electron chi connectivity index (χ2n) is 22.5. The van der Waals surface area contributed by atoms with Gasteiger partial charge in [-0.1, -0.05) is 157 Å². The van der Waals surface area contributed by atoms with Crippen molar-refractivity contribution in [2.24, 2.45) is 0 Å². The molecule has 5 heteroatoms. The number of hydrogen-bond donors (Lipinski definition) is 0. The number of fused-ring (bicyclic) bond motifs is 8. The van der Waals surface area contributed by atoms with E-state index in [2.05, 4.69) is 248 Å². The zero-order chi connectivity index (χ0) is 47.4. The van der Waals surface area contributed by atoms with Crippen LogP contribution in [-0.4, -0.2) is 20.4 Å². The van der Waals surface area contributed by atoms with E-state index in [0.717, 1.165) is 11.4 Å². The summed E-state index contributed by atoms with van der Waals surface area (Å²) < 4.78 is 7.70. The van der Waals surface area contributed by atoms with Gasteiger partial charge in [0.1, 0.15) is 0 Å². The molecule has 0 unspecified atom stereocenters. The summed E-state index contributed by atoms with van der Waals surface area (Å²) in [6.07, 6.45) is 0. The molecular weight excluding hydrogens is 860 g/mol. The molecule has 0 saturated heterocycles. The Labute approximate surface area is 412 Å². The molecule has 5 heterocycles. The molecule has 16 rings (SSSR count). The van der Waals surface area contributed by atoms with Crippen LogP contribution in [0.25, 0.3) is 104 Å². The average Bonchev–Trinajstić information content (AvgIpc) is 4.00. The molecule has 1 aliphatic carbocycles. The third kappa shape index (κ3) is 5.01. The normalized spacial score (nSPS) is 13.7. The number of anilines is 3. The maximum Gasteiger partial charge on any atom is 0.252 e. The minimum atomic E-state index is -0.0283. The fourth-order valence-electron chi connectivity index (χ4n) is 13.5. The first-order chi connectivity index (χ1) is 34.5. The fourth-order valence-corrected chi connectivity index (χ4v) is 13.5. The molecule has 0 atom stereocenters. The Hall–Kier alpha value is -8.28. The van der Waals surface area contributed by atoms with Crippen molar-refractivity contribution >= 4 is 116 Å². The molecule has 0 N–H and O–H groups in total. The van der Waals surface area contributed by atoms with Gasteiger partial charge in [-0.15, -0.1) is 0 Å². The first kappa shape index (κ1) is 39.6. The first-order valence-corrected chi connectivity index (χ1v) is 25.3. The number of rotatable bonds is 3. The molecule has 0 fully saturated rings. The summed E-state index contributed by atoms with van der Waals surface area (Å²) in [5, 5.41) is 10.4. The summed E-state index contributed by atoms with van der Waals surface area (Å²) >= 11 is 0. The van der Waals surface area contributed by atoms with Crippen LogP contribution in [0.15, 0.2) is 188 Å². The summed E-state index contributed by atoms with van der Waals surface area (Å²) in [6, 6.07) is 72.2. The van der Waals surface area contributed by atoms with Gasteiger partial charge in [-0.05, 0) is 133 Å². The second kappa shape index (κ2) is 13.3. The van der Waals surface area contributed by atoms with Crippen molar-refractivity contribution in [3.05, 3.63) is 199 Å². The standard InChI is InChI=1S/C66H49BN4/c1-65(2,3)39-26-29-42(30-27-39)68-51-32-28-40(66(4,5)6)35-49(51)67-48-22-13-21-47-44-18-10-11-23-50(44)71(64(47)48)57-37-43(36-56(68)63(57)67)70-53-31-25-38-15-12-19-45-46-20-14-24-52-59(46)61-54(69(52)41-16-8-7-9-17-41)33-34-55(70)62(61)60(53)58(38)45/h7-37H,1-6H3. The minimum absolute atomic E-state index is 0.0226. The number of hydrogen-bond acceptors (Lipinski definition) is 1. The van der Waals surface area contributed by atoms with E-state index >= 15 is 0 Å². The molecule has 0 amide bonds. The monoisotopic (exact) mass is 908 g/mol. The highest BCUT2D eigenvalue weighted by atomic mass is 15.2. The molecule has 13 aromatic rings. The predicted molar refractivity (Wildman–Crippen MR) is 303 cm³/mol. The Morgan fingerprint density at radius 1 is 0.352 bits per heavy atom. The van der Waals surface area contributed by atoms with Gasteiger partial charge < -0.3 is 18.6 Å². The minimum Gasteiger partial charge on any atom is -0.311 e. The van der Waals surface area contributed by atoms with Gasteiger partial charge >= 0.3 is 0 Å². The van der Waals surface area contributed by atoms with Crippen LogP contribution in [-0.2, 0) is 10.8 Å². The van der Waals surface area contributed by atoms with Crippen LogP contribution in [0, 0.1) is 0 Å². The maximum absolute atomic E-state index is 2.61. The van der Waals surface area contributed by atoms with E-state index in [1.54, 1.807) is 0 Å². The van der Waals surface area contributed by atoms with Crippen LogP contribution in [0.1, 0.15) is 52.7 Å². The topological polar surface area (TPSA) is 18.0 Å². The summed E-state index contributed by atoms with van der Waals surface area (Å²) in [4.78, 5) is 2.59. The molecule has 71 heavy (non-hydrogen) atoms. The van der Waals surface area contributed by atoms with Gasteiger partial charge in [0, 0.05) is 66.3 Å². The lowest BCUT2D eigenvalue weighted by molar-refractivity contribution is 0.590. The molecule has 4 nitrogen and oxygen atoms in total. The number of aromatic nitrogens is 3. The smallest absolute Gasteiger partial charge is 0.252 e. The zero-order valence-electron chi connectivity index (χ0n) is 40.8. The number of nitrogens with zero attached hydrogens (tertiary/aromatic N) is 4. The fraction of sp³-hybridized carbons (Fsp3) is 0.121. The van der Waals surface area contributed by atoms with E-state index in [9.17, 15) is 0 Å². The van der Waals surface area contributed by atoms with Crippen LogP contribution in [0.2, 0.25) is 0 Å². The Morgan fingerprint density at radius 2 is 0.944 bits per heavy atom. The van der Waals surface area contributed by atoms with Crippen LogP contribution >= 0.6 is 0 Å². The highest BCUT2D eigenvalue weighted by Gasteiger charge is 2.43. The largest absolute Gasteiger partial charge is 0.311 e. The second-order valence-corrected chi connectivity index (χ2v) is 22.5. The Balaban J connectivity index is 1.09. The van der Waals surface area contributed by atoms with Crippen molar-refractivity contribution in [2.75, 3.05) is 4.90 Å². The number of para-hydroxylation sites is 3. The first-order valence-electron chi connectivity index (χ1n) is 25.3. The Bertz CT molecular complexity index is 4530. The van der Waals surface area contributed by atoms with E-state index in [0.29, 0.717) is 0 Å². The molecule has 3 aromatic heterocycles. The molecule has 0 bridgehead atoms. The van der Waals surface area contributed by atoms with E-state index in [1.807, 2.05) is 0 Å². The summed E-state index contributed by atoms with van der Waals surface area (Å²) in [7, 11) is 0. The van der Waals surface area contributed by atoms with Crippen molar-refractivity contribution in [1.82, 2.24) is 13.7 Å². The van der Waals surface area contributed by atoms with Crippen molar-refractivity contribution in [1.29, 1.82) is 0 Å². The molecule has 10 aromatic carbocycles. The van der Waals surface area contributed by atoms with E-state index in [1.165, 1.54) is 138 Å². The molecule has 336 valence electrons. The molecule has 2 aliphatic heterocycles. The van der Waals surface area contributed by atoms with Gasteiger partial charge in [0.05, 0.1) is 33.3 Å². The third-order valence-electron chi connectivity index (χ3n) is 16.6. The van der Waals surface area contributed by atoms with Crippen LogP contribution < -0.4 is 21.3 Å². The summed E-state index contributed by atoms with van der Waals surface area (Å²) in [6.45, 7) is 14.0. The quantitative estimate of drug-likeness (QED) is 0.162. The van der Waals surface area contributed by atoms with Crippen molar-refractivity contribution in [3.8, 4) is 28.2 Å². The summed E-state index contributed by atoms with van der Waals surface area (Å²) in [5.74, 6) is 0. The Kier molecular flexibility index (Phi) is 7.42. The lowest BCUT2D eigenvalue weighted by atomic mass is 9.33. The molecular formula is C66H49BN4. The molecule has 0 radical (unpaired) electrons. The van der Waals surface area contributed by atoms with Gasteiger partial charge in [-0.2, -0.15) is 0 Å². The lowest BCUT2D eigenvalue weighted by Gasteiger charge is -2.41. The van der Waals surface area contributed by atoms with Gasteiger partial charge in [0.15, 0.2) is 0 Å². The highest BCUT2D eigenvalue weighted by Crippen LogP contribution is 2.52.